The van der Waals surface area contributed by atoms with Crippen LogP contribution in [0.5, 0.6) is 0 Å². The van der Waals surface area contributed by atoms with Crippen molar-refractivity contribution in [1.82, 2.24) is 10.2 Å². The number of likely N-dealkylation sites (tertiary alicyclic amines) is 1. The third kappa shape index (κ3) is 6.66. The Balaban J connectivity index is 1.37. The van der Waals surface area contributed by atoms with Crippen molar-refractivity contribution in [3.63, 3.8) is 0 Å². The van der Waals surface area contributed by atoms with Crippen LogP contribution in [-0.4, -0.2) is 59.4 Å². The van der Waals surface area contributed by atoms with Gasteiger partial charge in [0.25, 0.3) is 0 Å². The first-order valence-corrected chi connectivity index (χ1v) is 12.3. The highest BCUT2D eigenvalue weighted by atomic mass is 16.3. The molecule has 1 aliphatic heterocycles. The Kier molecular flexibility index (Phi) is 9.41. The Morgan fingerprint density at radius 1 is 1.30 bits per heavy atom. The van der Waals surface area contributed by atoms with Crippen molar-refractivity contribution in [2.24, 2.45) is 17.8 Å². The van der Waals surface area contributed by atoms with E-state index >= 15 is 0 Å². The number of amides is 1. The highest BCUT2D eigenvalue weighted by molar-refractivity contribution is 5.78. The quantitative estimate of drug-likeness (QED) is 0.355. The van der Waals surface area contributed by atoms with Crippen molar-refractivity contribution in [2.75, 3.05) is 26.2 Å². The minimum Gasteiger partial charge on any atom is -0.392 e. The van der Waals surface area contributed by atoms with Crippen molar-refractivity contribution >= 4 is 5.91 Å². The molecule has 2 fully saturated rings. The van der Waals surface area contributed by atoms with E-state index < -0.39 is 6.10 Å². The summed E-state index contributed by atoms with van der Waals surface area (Å²) in [6, 6.07) is 0. The maximum Gasteiger partial charge on any atom is 0.236 e. The molecular weight excluding hydrogens is 376 g/mol. The number of piperidine rings is 1. The Hall–Kier alpha value is -1.17. The molecule has 2 aliphatic carbocycles. The molecule has 1 amide bonds. The van der Waals surface area contributed by atoms with Crippen LogP contribution in [0, 0.1) is 17.8 Å². The minimum absolute atomic E-state index is 0.151. The zero-order chi connectivity index (χ0) is 21.3. The maximum atomic E-state index is 12.2. The van der Waals surface area contributed by atoms with Crippen LogP contribution in [-0.2, 0) is 4.79 Å². The van der Waals surface area contributed by atoms with E-state index in [1.54, 1.807) is 0 Å². The van der Waals surface area contributed by atoms with E-state index in [1.165, 1.54) is 12.0 Å². The van der Waals surface area contributed by atoms with Crippen molar-refractivity contribution in [1.29, 1.82) is 0 Å². The SMILES string of the molecule is CCCCC[C@H](O)/C=C/[C@@H]1[C@H]2CC(CCNCC(=O)N3CCCCC3)=C[C@H]2C[C@H]1O. The molecule has 170 valence electrons. The number of hydrogen-bond donors (Lipinski definition) is 3. The molecule has 0 spiro atoms. The number of hydrogen-bond acceptors (Lipinski definition) is 4. The topological polar surface area (TPSA) is 72.8 Å². The smallest absolute Gasteiger partial charge is 0.236 e. The molecular formula is C25H42N2O3. The Morgan fingerprint density at radius 3 is 2.87 bits per heavy atom. The summed E-state index contributed by atoms with van der Waals surface area (Å²) in [4.78, 5) is 14.2. The summed E-state index contributed by atoms with van der Waals surface area (Å²) in [5, 5.41) is 24.0. The molecule has 0 aromatic rings. The molecule has 5 heteroatoms. The molecule has 1 heterocycles. The van der Waals surface area contributed by atoms with Gasteiger partial charge in [-0.15, -0.1) is 0 Å². The second-order valence-corrected chi connectivity index (χ2v) is 9.55. The highest BCUT2D eigenvalue weighted by Crippen LogP contribution is 2.47. The lowest BCUT2D eigenvalue weighted by Gasteiger charge is -2.26. The second kappa shape index (κ2) is 12.0. The molecule has 0 radical (unpaired) electrons. The van der Waals surface area contributed by atoms with Crippen molar-refractivity contribution < 1.29 is 15.0 Å². The van der Waals surface area contributed by atoms with Gasteiger partial charge in [-0.3, -0.25) is 4.79 Å². The number of fused-ring (bicyclic) bond motifs is 1. The Labute approximate surface area is 182 Å². The molecule has 0 aromatic heterocycles. The van der Waals surface area contributed by atoms with Gasteiger partial charge in [0.2, 0.25) is 5.91 Å². The number of carbonyl (C=O) groups excluding carboxylic acids is 1. The molecule has 0 aromatic carbocycles. The first-order chi connectivity index (χ1) is 14.6. The number of nitrogens with one attached hydrogen (secondary N) is 1. The van der Waals surface area contributed by atoms with Crippen molar-refractivity contribution in [2.45, 2.75) is 83.3 Å². The largest absolute Gasteiger partial charge is 0.392 e. The van der Waals surface area contributed by atoms with Gasteiger partial charge in [-0.25, -0.2) is 0 Å². The molecule has 0 unspecified atom stereocenters. The van der Waals surface area contributed by atoms with Crippen LogP contribution in [0.25, 0.3) is 0 Å². The lowest BCUT2D eigenvalue weighted by Crippen LogP contribution is -2.41. The summed E-state index contributed by atoms with van der Waals surface area (Å²) in [6.45, 7) is 5.29. The molecule has 3 N–H and O–H groups in total. The molecule has 3 aliphatic rings. The fourth-order valence-electron chi connectivity index (χ4n) is 5.45. The second-order valence-electron chi connectivity index (χ2n) is 9.55. The van der Waals surface area contributed by atoms with Gasteiger partial charge in [-0.05, 0) is 63.3 Å². The van der Waals surface area contributed by atoms with Crippen molar-refractivity contribution in [3.8, 4) is 0 Å². The van der Waals surface area contributed by atoms with E-state index in [-0.39, 0.29) is 17.9 Å². The normalized spacial score (nSPS) is 30.0. The predicted octanol–water partition coefficient (Wildman–Crippen LogP) is 3.42. The maximum absolute atomic E-state index is 12.2. The number of allylic oxidation sites excluding steroid dienone is 1. The van der Waals surface area contributed by atoms with Gasteiger partial charge < -0.3 is 20.4 Å². The third-order valence-corrected chi connectivity index (χ3v) is 7.22. The minimum atomic E-state index is -0.390. The zero-order valence-corrected chi connectivity index (χ0v) is 18.8. The lowest BCUT2D eigenvalue weighted by atomic mass is 9.88. The van der Waals surface area contributed by atoms with E-state index in [9.17, 15) is 15.0 Å². The average molecular weight is 419 g/mol. The fourth-order valence-corrected chi connectivity index (χ4v) is 5.45. The zero-order valence-electron chi connectivity index (χ0n) is 18.8. The fraction of sp³-hybridized carbons (Fsp3) is 0.800. The van der Waals surface area contributed by atoms with Crippen LogP contribution >= 0.6 is 0 Å². The van der Waals surface area contributed by atoms with Crippen LogP contribution in [0.2, 0.25) is 0 Å². The van der Waals surface area contributed by atoms with E-state index in [2.05, 4.69) is 24.4 Å². The van der Waals surface area contributed by atoms with Gasteiger partial charge in [0.05, 0.1) is 18.8 Å². The van der Waals surface area contributed by atoms with Crippen molar-refractivity contribution in [3.05, 3.63) is 23.8 Å². The van der Waals surface area contributed by atoms with Crippen LogP contribution in [0.1, 0.15) is 71.1 Å². The standard InChI is InChI=1S/C25H42N2O3/c1-2-3-5-8-21(28)9-10-22-23-16-19(15-20(23)17-24(22)29)11-12-26-18-25(30)27-13-6-4-7-14-27/h9-10,15,20-24,26,28-29H,2-8,11-14,16-18H2,1H3/b10-9+/t20-,21-,22+,23-,24+/m0/s1. The van der Waals surface area contributed by atoms with Gasteiger partial charge in [-0.1, -0.05) is 50.0 Å². The molecule has 1 saturated carbocycles. The molecule has 5 atom stereocenters. The number of rotatable bonds is 11. The van der Waals surface area contributed by atoms with E-state index in [0.29, 0.717) is 18.4 Å². The Bertz CT molecular complexity index is 597. The Morgan fingerprint density at radius 2 is 2.10 bits per heavy atom. The number of carbonyl (C=O) groups is 1. The van der Waals surface area contributed by atoms with Crippen LogP contribution in [0.15, 0.2) is 23.8 Å². The molecule has 1 saturated heterocycles. The molecule has 3 rings (SSSR count). The van der Waals surface area contributed by atoms with Gasteiger partial charge >= 0.3 is 0 Å². The van der Waals surface area contributed by atoms with Gasteiger partial charge in [0.15, 0.2) is 0 Å². The summed E-state index contributed by atoms with van der Waals surface area (Å²) in [7, 11) is 0. The number of aliphatic hydroxyl groups excluding tert-OH is 2. The molecule has 30 heavy (non-hydrogen) atoms. The molecule has 5 nitrogen and oxygen atoms in total. The van der Waals surface area contributed by atoms with Gasteiger partial charge in [0.1, 0.15) is 0 Å². The number of aliphatic hydroxyl groups is 2. The summed E-state index contributed by atoms with van der Waals surface area (Å²) in [6.07, 6.45) is 16.2. The monoisotopic (exact) mass is 418 g/mol. The summed E-state index contributed by atoms with van der Waals surface area (Å²) < 4.78 is 0. The van der Waals surface area contributed by atoms with Gasteiger partial charge in [-0.2, -0.15) is 0 Å². The summed E-state index contributed by atoms with van der Waals surface area (Å²) in [5.74, 6) is 1.30. The average Bonchev–Trinajstić information content (AvgIpc) is 3.26. The van der Waals surface area contributed by atoms with E-state index in [4.69, 9.17) is 0 Å². The first-order valence-electron chi connectivity index (χ1n) is 12.3. The number of nitrogens with zero attached hydrogens (tertiary/aromatic N) is 1. The molecule has 0 bridgehead atoms. The van der Waals surface area contributed by atoms with E-state index in [1.807, 2.05) is 11.0 Å². The number of unbranched alkanes of at least 4 members (excludes halogenated alkanes) is 2. The van der Waals surface area contributed by atoms with Crippen LogP contribution in [0.4, 0.5) is 0 Å². The highest BCUT2D eigenvalue weighted by Gasteiger charge is 2.43. The van der Waals surface area contributed by atoms with E-state index in [0.717, 1.165) is 77.4 Å². The summed E-state index contributed by atoms with van der Waals surface area (Å²) in [5.41, 5.74) is 1.46. The first kappa shape index (κ1) is 23.5. The van der Waals surface area contributed by atoms with Crippen LogP contribution in [0.3, 0.4) is 0 Å². The predicted molar refractivity (Wildman–Crippen MR) is 121 cm³/mol. The van der Waals surface area contributed by atoms with Crippen LogP contribution < -0.4 is 5.32 Å². The van der Waals surface area contributed by atoms with Gasteiger partial charge in [0, 0.05) is 19.0 Å². The third-order valence-electron chi connectivity index (χ3n) is 7.22. The lowest BCUT2D eigenvalue weighted by molar-refractivity contribution is -0.131. The summed E-state index contributed by atoms with van der Waals surface area (Å²) >= 11 is 0.